The highest BCUT2D eigenvalue weighted by Crippen LogP contribution is 2.26. The van der Waals surface area contributed by atoms with Gasteiger partial charge in [-0.15, -0.1) is 0 Å². The zero-order chi connectivity index (χ0) is 10.4. The number of hydrogen-bond acceptors (Lipinski definition) is 2. The van der Waals surface area contributed by atoms with Crippen molar-refractivity contribution in [3.8, 4) is 6.07 Å². The molecule has 0 bridgehead atoms. The topological polar surface area (TPSA) is 40.9 Å². The van der Waals surface area contributed by atoms with Crippen molar-refractivity contribution in [2.45, 2.75) is 51.9 Å². The predicted molar refractivity (Wildman–Crippen MR) is 55.6 cm³/mol. The molecule has 2 nitrogen and oxygen atoms in total. The molecule has 1 saturated carbocycles. The van der Waals surface area contributed by atoms with Crippen molar-refractivity contribution in [1.29, 1.82) is 5.26 Å². The van der Waals surface area contributed by atoms with Crippen molar-refractivity contribution < 1.29 is 4.79 Å². The molecule has 1 fully saturated rings. The molecule has 0 aromatic rings. The largest absolute Gasteiger partial charge is 0.298 e. The highest BCUT2D eigenvalue weighted by atomic mass is 16.1. The summed E-state index contributed by atoms with van der Waals surface area (Å²) in [6, 6.07) is 2.02. The van der Waals surface area contributed by atoms with Crippen LogP contribution in [0.25, 0.3) is 0 Å². The van der Waals surface area contributed by atoms with Crippen LogP contribution in [0.15, 0.2) is 0 Å². The van der Waals surface area contributed by atoms with Crippen molar-refractivity contribution in [2.75, 3.05) is 0 Å². The van der Waals surface area contributed by atoms with Crippen molar-refractivity contribution >= 4 is 5.78 Å². The molecule has 14 heavy (non-hydrogen) atoms. The lowest BCUT2D eigenvalue weighted by Gasteiger charge is -2.13. The standard InChI is InChI=1S/C12H19NO/c1-10(9-13)12(14)8-11-6-4-2-3-5-7-11/h10-11H,2-8H2,1H3. The maximum Gasteiger partial charge on any atom is 0.149 e. The first-order chi connectivity index (χ1) is 6.74. The molecule has 0 N–H and O–H groups in total. The van der Waals surface area contributed by atoms with Crippen LogP contribution in [-0.4, -0.2) is 5.78 Å². The number of carbonyl (C=O) groups excluding carboxylic acids is 1. The van der Waals surface area contributed by atoms with Crippen LogP contribution >= 0.6 is 0 Å². The van der Waals surface area contributed by atoms with Gasteiger partial charge in [-0.3, -0.25) is 4.79 Å². The fourth-order valence-corrected chi connectivity index (χ4v) is 2.10. The third-order valence-electron chi connectivity index (χ3n) is 3.14. The minimum absolute atomic E-state index is 0.138. The molecule has 78 valence electrons. The number of hydrogen-bond donors (Lipinski definition) is 0. The first-order valence-electron chi connectivity index (χ1n) is 5.66. The Morgan fingerprint density at radius 3 is 2.43 bits per heavy atom. The average molecular weight is 193 g/mol. The summed E-state index contributed by atoms with van der Waals surface area (Å²) in [6.45, 7) is 1.71. The molecule has 0 radical (unpaired) electrons. The molecule has 0 heterocycles. The van der Waals surface area contributed by atoms with E-state index in [0.29, 0.717) is 12.3 Å². The fourth-order valence-electron chi connectivity index (χ4n) is 2.10. The van der Waals surface area contributed by atoms with Crippen molar-refractivity contribution in [2.24, 2.45) is 11.8 Å². The summed E-state index contributed by atoms with van der Waals surface area (Å²) in [4.78, 5) is 11.5. The second kappa shape index (κ2) is 5.80. The molecule has 0 aliphatic heterocycles. The quantitative estimate of drug-likeness (QED) is 0.646. The van der Waals surface area contributed by atoms with Crippen molar-refractivity contribution in [1.82, 2.24) is 0 Å². The third kappa shape index (κ3) is 3.49. The van der Waals surface area contributed by atoms with E-state index in [1.807, 2.05) is 6.07 Å². The van der Waals surface area contributed by atoms with Gasteiger partial charge >= 0.3 is 0 Å². The van der Waals surface area contributed by atoms with E-state index in [4.69, 9.17) is 5.26 Å². The van der Waals surface area contributed by atoms with E-state index < -0.39 is 5.92 Å². The van der Waals surface area contributed by atoms with Gasteiger partial charge in [-0.1, -0.05) is 38.5 Å². The summed E-state index contributed by atoms with van der Waals surface area (Å²) >= 11 is 0. The van der Waals surface area contributed by atoms with Crippen LogP contribution in [0.5, 0.6) is 0 Å². The molecule has 1 aliphatic rings. The van der Waals surface area contributed by atoms with E-state index in [1.54, 1.807) is 6.92 Å². The van der Waals surface area contributed by atoms with Crippen LogP contribution in [-0.2, 0) is 4.79 Å². The molecule has 0 saturated heterocycles. The first-order valence-corrected chi connectivity index (χ1v) is 5.66. The second-order valence-electron chi connectivity index (χ2n) is 4.38. The number of carbonyl (C=O) groups is 1. The van der Waals surface area contributed by atoms with E-state index in [1.165, 1.54) is 38.5 Å². The van der Waals surface area contributed by atoms with Crippen molar-refractivity contribution in [3.63, 3.8) is 0 Å². The maximum atomic E-state index is 11.5. The zero-order valence-corrected chi connectivity index (χ0v) is 8.96. The Kier molecular flexibility index (Phi) is 4.65. The van der Waals surface area contributed by atoms with E-state index in [9.17, 15) is 4.79 Å². The van der Waals surface area contributed by atoms with Crippen LogP contribution in [0.2, 0.25) is 0 Å². The Morgan fingerprint density at radius 1 is 1.36 bits per heavy atom. The lowest BCUT2D eigenvalue weighted by atomic mass is 9.91. The van der Waals surface area contributed by atoms with Gasteiger partial charge in [-0.2, -0.15) is 5.26 Å². The van der Waals surface area contributed by atoms with E-state index in [0.717, 1.165) is 0 Å². The molecule has 2 heteroatoms. The fraction of sp³-hybridized carbons (Fsp3) is 0.833. The van der Waals surface area contributed by atoms with E-state index in [2.05, 4.69) is 0 Å². The molecule has 1 aliphatic carbocycles. The smallest absolute Gasteiger partial charge is 0.149 e. The molecule has 0 spiro atoms. The van der Waals surface area contributed by atoms with Crippen LogP contribution in [0, 0.1) is 23.2 Å². The number of nitrogens with zero attached hydrogens (tertiary/aromatic N) is 1. The Balaban J connectivity index is 2.35. The average Bonchev–Trinajstić information content (AvgIpc) is 2.45. The normalized spacial score (nSPS) is 20.9. The van der Waals surface area contributed by atoms with Crippen molar-refractivity contribution in [3.05, 3.63) is 0 Å². The maximum absolute atomic E-state index is 11.5. The van der Waals surface area contributed by atoms with Gasteiger partial charge in [0.1, 0.15) is 11.7 Å². The van der Waals surface area contributed by atoms with Crippen LogP contribution in [0.3, 0.4) is 0 Å². The molecule has 1 atom stereocenters. The zero-order valence-electron chi connectivity index (χ0n) is 8.96. The minimum atomic E-state index is -0.404. The first kappa shape index (κ1) is 11.2. The summed E-state index contributed by atoms with van der Waals surface area (Å²) in [7, 11) is 0. The lowest BCUT2D eigenvalue weighted by molar-refractivity contribution is -0.121. The van der Waals surface area contributed by atoms with Gasteiger partial charge < -0.3 is 0 Å². The summed E-state index contributed by atoms with van der Waals surface area (Å²) < 4.78 is 0. The van der Waals surface area contributed by atoms with Crippen LogP contribution in [0.4, 0.5) is 0 Å². The summed E-state index contributed by atoms with van der Waals surface area (Å²) in [6.07, 6.45) is 8.16. The molecular weight excluding hydrogens is 174 g/mol. The van der Waals surface area contributed by atoms with E-state index >= 15 is 0 Å². The monoisotopic (exact) mass is 193 g/mol. The lowest BCUT2D eigenvalue weighted by Crippen LogP contribution is -2.14. The highest BCUT2D eigenvalue weighted by Gasteiger charge is 2.19. The molecule has 1 rings (SSSR count). The van der Waals surface area contributed by atoms with Gasteiger partial charge in [0.2, 0.25) is 0 Å². The van der Waals surface area contributed by atoms with Gasteiger partial charge in [0, 0.05) is 6.42 Å². The highest BCUT2D eigenvalue weighted by molar-refractivity contribution is 5.83. The summed E-state index contributed by atoms with van der Waals surface area (Å²) in [5.41, 5.74) is 0. The van der Waals surface area contributed by atoms with Crippen LogP contribution in [0.1, 0.15) is 51.9 Å². The number of rotatable bonds is 3. The number of ketones is 1. The number of nitriles is 1. The Labute approximate surface area is 86.3 Å². The molecule has 0 amide bonds. The third-order valence-corrected chi connectivity index (χ3v) is 3.14. The molecule has 0 aromatic heterocycles. The molecular formula is C12H19NO. The second-order valence-corrected chi connectivity index (χ2v) is 4.38. The Morgan fingerprint density at radius 2 is 1.93 bits per heavy atom. The Bertz CT molecular complexity index is 221. The van der Waals surface area contributed by atoms with Gasteiger partial charge in [-0.25, -0.2) is 0 Å². The summed E-state index contributed by atoms with van der Waals surface area (Å²) in [5, 5.41) is 8.62. The van der Waals surface area contributed by atoms with Gasteiger partial charge in [0.25, 0.3) is 0 Å². The van der Waals surface area contributed by atoms with Gasteiger partial charge in [0.05, 0.1) is 6.07 Å². The van der Waals surface area contributed by atoms with Crippen LogP contribution < -0.4 is 0 Å². The number of Topliss-reactive ketones (excluding diaryl/α,β-unsaturated/α-hetero) is 1. The SMILES string of the molecule is CC(C#N)C(=O)CC1CCCCCC1. The Hall–Kier alpha value is -0.840. The van der Waals surface area contributed by atoms with E-state index in [-0.39, 0.29) is 5.78 Å². The molecule has 1 unspecified atom stereocenters. The summed E-state index contributed by atoms with van der Waals surface area (Å²) in [5.74, 6) is 0.290. The predicted octanol–water partition coefficient (Wildman–Crippen LogP) is 3.08. The molecule has 0 aromatic carbocycles. The van der Waals surface area contributed by atoms with Gasteiger partial charge in [-0.05, 0) is 12.8 Å². The van der Waals surface area contributed by atoms with Gasteiger partial charge in [0.15, 0.2) is 0 Å². The minimum Gasteiger partial charge on any atom is -0.298 e.